The number of nitrogens with two attached hydrogens (primary N) is 1. The summed E-state index contributed by atoms with van der Waals surface area (Å²) < 4.78 is 0. The average molecular weight is 162 g/mol. The van der Waals surface area contributed by atoms with Crippen LogP contribution >= 0.6 is 0 Å². The van der Waals surface area contributed by atoms with Crippen LogP contribution in [0.2, 0.25) is 0 Å². The minimum Gasteiger partial charge on any atom is -0.324 e. The molecule has 1 rings (SSSR count). The van der Waals surface area contributed by atoms with E-state index < -0.39 is 0 Å². The fraction of sp³-hybridized carbons (Fsp3) is 0.455. The zero-order valence-corrected chi connectivity index (χ0v) is 7.96. The van der Waals surface area contributed by atoms with Crippen LogP contribution in [0.3, 0.4) is 0 Å². The molecule has 1 aromatic rings. The number of benzene rings is 1. The topological polar surface area (TPSA) is 26.0 Å². The lowest BCUT2D eigenvalue weighted by Crippen LogP contribution is -2.26. The van der Waals surface area contributed by atoms with Crippen LogP contribution in [0.25, 0.3) is 0 Å². The van der Waals surface area contributed by atoms with E-state index in [2.05, 4.69) is 26.8 Å². The molecule has 0 saturated heterocycles. The smallest absolute Gasteiger partial charge is 0.0344 e. The first kappa shape index (κ1) is 9.27. The highest BCUT2D eigenvalue weighted by Gasteiger charge is 2.21. The van der Waals surface area contributed by atoms with Crippen LogP contribution in [0, 0.1) is 11.5 Å². The van der Waals surface area contributed by atoms with Crippen molar-refractivity contribution in [3.05, 3.63) is 35.9 Å². The molecule has 1 atom stereocenters. The molecule has 0 fully saturated rings. The number of rotatable bonds is 1. The largest absolute Gasteiger partial charge is 0.324 e. The van der Waals surface area contributed by atoms with E-state index in [1.54, 1.807) is 0 Å². The summed E-state index contributed by atoms with van der Waals surface area (Å²) >= 11 is 0. The van der Waals surface area contributed by atoms with Gasteiger partial charge in [-0.15, -0.1) is 0 Å². The maximum Gasteiger partial charge on any atom is 0.0344 e. The van der Waals surface area contributed by atoms with Gasteiger partial charge >= 0.3 is 0 Å². The molecule has 0 saturated carbocycles. The second kappa shape index (κ2) is 3.28. The Kier molecular flexibility index (Phi) is 2.53. The Morgan fingerprint density at radius 1 is 1.25 bits per heavy atom. The molecule has 0 aliphatic rings. The van der Waals surface area contributed by atoms with Crippen LogP contribution in [-0.4, -0.2) is 0 Å². The second-order valence-electron chi connectivity index (χ2n) is 4.18. The lowest BCUT2D eigenvalue weighted by Gasteiger charge is -2.27. The van der Waals surface area contributed by atoms with Gasteiger partial charge < -0.3 is 5.73 Å². The molecule has 1 radical (unpaired) electrons. The van der Waals surface area contributed by atoms with Crippen LogP contribution in [0.4, 0.5) is 0 Å². The van der Waals surface area contributed by atoms with Crippen molar-refractivity contribution in [3.63, 3.8) is 0 Å². The minimum atomic E-state index is 0.104. The van der Waals surface area contributed by atoms with Crippen LogP contribution in [0.15, 0.2) is 24.3 Å². The first-order valence-electron chi connectivity index (χ1n) is 4.23. The molecule has 1 nitrogen and oxygen atoms in total. The third kappa shape index (κ3) is 2.08. The lowest BCUT2D eigenvalue weighted by molar-refractivity contribution is 0.327. The van der Waals surface area contributed by atoms with Gasteiger partial charge in [-0.1, -0.05) is 45.0 Å². The molecular formula is C11H16N. The van der Waals surface area contributed by atoms with E-state index in [-0.39, 0.29) is 11.5 Å². The van der Waals surface area contributed by atoms with Crippen LogP contribution in [0.1, 0.15) is 32.4 Å². The normalized spacial score (nSPS) is 14.3. The van der Waals surface area contributed by atoms with Crippen LogP contribution in [-0.2, 0) is 0 Å². The Morgan fingerprint density at radius 3 is 2.17 bits per heavy atom. The van der Waals surface area contributed by atoms with Gasteiger partial charge in [-0.05, 0) is 17.0 Å². The van der Waals surface area contributed by atoms with Gasteiger partial charge in [-0.2, -0.15) is 0 Å². The molecule has 12 heavy (non-hydrogen) atoms. The summed E-state index contributed by atoms with van der Waals surface area (Å²) in [5.74, 6) is 0. The molecule has 0 aliphatic heterocycles. The first-order chi connectivity index (χ1) is 5.52. The van der Waals surface area contributed by atoms with Crippen LogP contribution in [0.5, 0.6) is 0 Å². The zero-order chi connectivity index (χ0) is 9.19. The molecule has 65 valence electrons. The molecule has 0 bridgehead atoms. The fourth-order valence-electron chi connectivity index (χ4n) is 1.11. The Labute approximate surface area is 74.6 Å². The van der Waals surface area contributed by atoms with Gasteiger partial charge in [0.2, 0.25) is 0 Å². The highest BCUT2D eigenvalue weighted by atomic mass is 14.7. The van der Waals surface area contributed by atoms with E-state index in [1.165, 1.54) is 5.56 Å². The lowest BCUT2D eigenvalue weighted by atomic mass is 9.83. The third-order valence-electron chi connectivity index (χ3n) is 2.04. The predicted molar refractivity (Wildman–Crippen MR) is 51.7 cm³/mol. The van der Waals surface area contributed by atoms with E-state index in [9.17, 15) is 0 Å². The summed E-state index contributed by atoms with van der Waals surface area (Å²) in [7, 11) is 0. The molecule has 2 N–H and O–H groups in total. The minimum absolute atomic E-state index is 0.104. The van der Waals surface area contributed by atoms with Crippen molar-refractivity contribution >= 4 is 0 Å². The number of hydrogen-bond donors (Lipinski definition) is 1. The average Bonchev–Trinajstić information content (AvgIpc) is 2.03. The van der Waals surface area contributed by atoms with Gasteiger partial charge in [0.25, 0.3) is 0 Å². The van der Waals surface area contributed by atoms with Gasteiger partial charge in [0.05, 0.1) is 0 Å². The maximum absolute atomic E-state index is 6.06. The van der Waals surface area contributed by atoms with E-state index >= 15 is 0 Å². The summed E-state index contributed by atoms with van der Waals surface area (Å²) in [5, 5.41) is 0. The Hall–Kier alpha value is -0.820. The summed E-state index contributed by atoms with van der Waals surface area (Å²) in [5.41, 5.74) is 7.37. The summed E-state index contributed by atoms with van der Waals surface area (Å²) in [6.45, 7) is 6.44. The fourth-order valence-corrected chi connectivity index (χ4v) is 1.11. The van der Waals surface area contributed by atoms with Crippen molar-refractivity contribution in [1.82, 2.24) is 0 Å². The second-order valence-corrected chi connectivity index (χ2v) is 4.18. The van der Waals surface area contributed by atoms with Gasteiger partial charge in [-0.3, -0.25) is 0 Å². The SMILES string of the molecule is CC(C)(C)C(N)c1cc[c]cc1. The zero-order valence-electron chi connectivity index (χ0n) is 7.96. The monoisotopic (exact) mass is 162 g/mol. The molecule has 0 spiro atoms. The predicted octanol–water partition coefficient (Wildman–Crippen LogP) is 2.53. The summed E-state index contributed by atoms with van der Waals surface area (Å²) in [6.07, 6.45) is 0. The molecular weight excluding hydrogens is 146 g/mol. The molecule has 1 unspecified atom stereocenters. The number of hydrogen-bond acceptors (Lipinski definition) is 1. The quantitative estimate of drug-likeness (QED) is 0.674. The Balaban J connectivity index is 2.86. The highest BCUT2D eigenvalue weighted by molar-refractivity contribution is 5.19. The van der Waals surface area contributed by atoms with Gasteiger partial charge in [0, 0.05) is 6.04 Å². The molecule has 0 amide bonds. The summed E-state index contributed by atoms with van der Waals surface area (Å²) in [4.78, 5) is 0. The molecule has 0 aromatic heterocycles. The van der Waals surface area contributed by atoms with Crippen molar-refractivity contribution in [2.24, 2.45) is 11.1 Å². The Morgan fingerprint density at radius 2 is 1.75 bits per heavy atom. The first-order valence-corrected chi connectivity index (χ1v) is 4.23. The maximum atomic E-state index is 6.06. The molecule has 1 heteroatoms. The highest BCUT2D eigenvalue weighted by Crippen LogP contribution is 2.29. The Bertz CT molecular complexity index is 233. The van der Waals surface area contributed by atoms with Gasteiger partial charge in [0.1, 0.15) is 0 Å². The van der Waals surface area contributed by atoms with Gasteiger partial charge in [0.15, 0.2) is 0 Å². The van der Waals surface area contributed by atoms with E-state index in [4.69, 9.17) is 5.73 Å². The standard InChI is InChI=1S/C11H16N/c1-11(2,3)10(12)9-7-5-4-6-8-9/h5-8,10H,12H2,1-3H3. The van der Waals surface area contributed by atoms with Crippen molar-refractivity contribution in [3.8, 4) is 0 Å². The molecule has 0 aliphatic carbocycles. The van der Waals surface area contributed by atoms with Crippen molar-refractivity contribution in [2.75, 3.05) is 0 Å². The molecule has 0 heterocycles. The van der Waals surface area contributed by atoms with Gasteiger partial charge in [-0.25, -0.2) is 0 Å². The van der Waals surface area contributed by atoms with Crippen molar-refractivity contribution in [1.29, 1.82) is 0 Å². The van der Waals surface area contributed by atoms with Crippen molar-refractivity contribution < 1.29 is 0 Å². The van der Waals surface area contributed by atoms with E-state index in [1.807, 2.05) is 24.3 Å². The van der Waals surface area contributed by atoms with Crippen molar-refractivity contribution in [2.45, 2.75) is 26.8 Å². The van der Waals surface area contributed by atoms with E-state index in [0.29, 0.717) is 0 Å². The molecule has 1 aromatic carbocycles. The van der Waals surface area contributed by atoms with E-state index in [0.717, 1.165) is 0 Å². The van der Waals surface area contributed by atoms with Crippen LogP contribution < -0.4 is 5.73 Å². The third-order valence-corrected chi connectivity index (χ3v) is 2.04. The summed E-state index contributed by atoms with van der Waals surface area (Å²) in [6, 6.07) is 10.9.